The van der Waals surface area contributed by atoms with Crippen LogP contribution in [0.25, 0.3) is 0 Å². The quantitative estimate of drug-likeness (QED) is 0.149. The minimum atomic E-state index is -1.20. The van der Waals surface area contributed by atoms with Gasteiger partial charge in [-0.15, -0.1) is 0 Å². The molecule has 1 fully saturated rings. The van der Waals surface area contributed by atoms with Gasteiger partial charge in [-0.25, -0.2) is 0 Å². The first kappa shape index (κ1) is 37.0. The van der Waals surface area contributed by atoms with Crippen molar-refractivity contribution in [2.24, 2.45) is 0 Å². The van der Waals surface area contributed by atoms with E-state index in [1.807, 2.05) is 36.4 Å². The van der Waals surface area contributed by atoms with E-state index >= 15 is 0 Å². The van der Waals surface area contributed by atoms with Crippen molar-refractivity contribution in [3.8, 4) is 0 Å². The van der Waals surface area contributed by atoms with E-state index in [4.69, 9.17) is 9.47 Å². The van der Waals surface area contributed by atoms with E-state index in [2.05, 4.69) is 33.0 Å². The molecule has 0 aliphatic carbocycles. The highest BCUT2D eigenvalue weighted by Gasteiger charge is 2.48. The summed E-state index contributed by atoms with van der Waals surface area (Å²) in [5.41, 5.74) is 0.629. The summed E-state index contributed by atoms with van der Waals surface area (Å²) in [5, 5.41) is 7.17. The number of carbonyl (C=O) groups excluding carboxylic acids is 6. The van der Waals surface area contributed by atoms with Crippen molar-refractivity contribution in [2.75, 3.05) is 64.7 Å². The molecule has 4 amide bonds. The van der Waals surface area contributed by atoms with Crippen LogP contribution in [-0.4, -0.2) is 105 Å². The van der Waals surface area contributed by atoms with Crippen LogP contribution in [0.2, 0.25) is 0 Å². The molecular formula is C34H45N5O8. The molecule has 0 aromatic heterocycles. The van der Waals surface area contributed by atoms with Crippen molar-refractivity contribution < 1.29 is 38.2 Å². The topological polar surface area (TPSA) is 163 Å². The van der Waals surface area contributed by atoms with Gasteiger partial charge in [0.05, 0.1) is 13.1 Å². The summed E-state index contributed by atoms with van der Waals surface area (Å²) < 4.78 is 10.2. The number of hydrogen-bond donors (Lipinski definition) is 3. The van der Waals surface area contributed by atoms with E-state index in [-0.39, 0.29) is 43.9 Å². The Kier molecular flexibility index (Phi) is 15.2. The highest BCUT2D eigenvalue weighted by Crippen LogP contribution is 2.36. The minimum Gasteiger partial charge on any atom is -0.364 e. The Morgan fingerprint density at radius 1 is 0.787 bits per heavy atom. The number of likely N-dealkylation sites (N-methyl/N-ethyl adjacent to an activating group) is 1. The SMILES string of the molecule is CCC(=O)N(c1ccccc1)C1(C(=O)CC(=O)COCC(=O)NCNC(=O)COCC(=O)NC)CCN(CCc2ccccc2)CC1. The number of rotatable bonds is 19. The first-order chi connectivity index (χ1) is 22.7. The van der Waals surface area contributed by atoms with Crippen LogP contribution < -0.4 is 20.9 Å². The van der Waals surface area contributed by atoms with E-state index in [1.165, 1.54) is 12.6 Å². The van der Waals surface area contributed by atoms with Gasteiger partial charge < -0.3 is 30.3 Å². The number of carbonyl (C=O) groups is 6. The summed E-state index contributed by atoms with van der Waals surface area (Å²) in [6.07, 6.45) is 1.36. The standard InChI is InChI=1S/C34H45N5O8/c1-3-33(45)39(27-12-8-5-9-13-27)34(15-18-38(19-16-34)17-14-26-10-6-4-7-11-26)29(41)20-28(40)21-46-23-31(43)36-25-37-32(44)24-47-22-30(42)35-2/h4-13H,3,14-25H2,1-2H3,(H,35,42)(H,36,43)(H,37,44). The number of likely N-dealkylation sites (tertiary alicyclic amines) is 1. The van der Waals surface area contributed by atoms with E-state index < -0.39 is 42.8 Å². The molecule has 3 rings (SSSR count). The number of anilines is 1. The maximum Gasteiger partial charge on any atom is 0.247 e. The van der Waals surface area contributed by atoms with Crippen LogP contribution >= 0.6 is 0 Å². The Bertz CT molecular complexity index is 1350. The lowest BCUT2D eigenvalue weighted by Crippen LogP contribution is -2.62. The van der Waals surface area contributed by atoms with Crippen molar-refractivity contribution in [3.05, 3.63) is 66.2 Å². The third-order valence-corrected chi connectivity index (χ3v) is 7.93. The summed E-state index contributed by atoms with van der Waals surface area (Å²) in [6.45, 7) is 1.96. The van der Waals surface area contributed by atoms with Crippen LogP contribution in [-0.2, 0) is 44.7 Å². The van der Waals surface area contributed by atoms with Gasteiger partial charge >= 0.3 is 0 Å². The fourth-order valence-corrected chi connectivity index (χ4v) is 5.37. The fourth-order valence-electron chi connectivity index (χ4n) is 5.37. The molecule has 47 heavy (non-hydrogen) atoms. The molecule has 1 aliphatic rings. The number of piperidine rings is 1. The van der Waals surface area contributed by atoms with Crippen LogP contribution in [0, 0.1) is 0 Å². The Morgan fingerprint density at radius 2 is 1.34 bits per heavy atom. The first-order valence-electron chi connectivity index (χ1n) is 15.8. The minimum absolute atomic E-state index is 0.192. The second-order valence-electron chi connectivity index (χ2n) is 11.2. The molecule has 2 aromatic rings. The normalized spacial score (nSPS) is 14.1. The number of para-hydroxylation sites is 1. The summed E-state index contributed by atoms with van der Waals surface area (Å²) in [7, 11) is 1.44. The van der Waals surface area contributed by atoms with Crippen LogP contribution in [0.5, 0.6) is 0 Å². The number of nitrogens with one attached hydrogen (secondary N) is 3. The number of hydrogen-bond acceptors (Lipinski definition) is 9. The second kappa shape index (κ2) is 19.3. The third-order valence-electron chi connectivity index (χ3n) is 7.93. The third kappa shape index (κ3) is 11.7. The molecule has 13 heteroatoms. The van der Waals surface area contributed by atoms with Crippen LogP contribution in [0.4, 0.5) is 5.69 Å². The lowest BCUT2D eigenvalue weighted by Gasteiger charge is -2.47. The maximum atomic E-state index is 14.0. The fraction of sp³-hybridized carbons (Fsp3) is 0.471. The van der Waals surface area contributed by atoms with Crippen LogP contribution in [0.1, 0.15) is 38.2 Å². The number of Topliss-reactive ketones (excluding diaryl/α,β-unsaturated/α-hetero) is 2. The van der Waals surface area contributed by atoms with Gasteiger partial charge in [0.25, 0.3) is 0 Å². The van der Waals surface area contributed by atoms with Gasteiger partial charge in [-0.1, -0.05) is 55.5 Å². The van der Waals surface area contributed by atoms with E-state index in [9.17, 15) is 28.8 Å². The van der Waals surface area contributed by atoms with Gasteiger partial charge in [0.15, 0.2) is 11.6 Å². The van der Waals surface area contributed by atoms with E-state index in [1.54, 1.807) is 24.0 Å². The molecule has 1 saturated heterocycles. The number of amides is 4. The van der Waals surface area contributed by atoms with Gasteiger partial charge in [0.2, 0.25) is 23.6 Å². The number of ketones is 2. The van der Waals surface area contributed by atoms with Crippen molar-refractivity contribution in [3.63, 3.8) is 0 Å². The Labute approximate surface area is 275 Å². The van der Waals surface area contributed by atoms with Crippen molar-refractivity contribution in [1.82, 2.24) is 20.9 Å². The molecule has 254 valence electrons. The molecule has 13 nitrogen and oxygen atoms in total. The summed E-state index contributed by atoms with van der Waals surface area (Å²) in [5.74, 6) is -2.56. The molecule has 0 saturated carbocycles. The lowest BCUT2D eigenvalue weighted by atomic mass is 9.79. The van der Waals surface area contributed by atoms with Gasteiger partial charge in [-0.3, -0.25) is 33.7 Å². The molecule has 0 unspecified atom stereocenters. The molecule has 0 spiro atoms. The molecule has 0 radical (unpaired) electrons. The van der Waals surface area contributed by atoms with Gasteiger partial charge in [0.1, 0.15) is 32.0 Å². The van der Waals surface area contributed by atoms with Crippen LogP contribution in [0.3, 0.4) is 0 Å². The zero-order valence-electron chi connectivity index (χ0n) is 27.1. The Morgan fingerprint density at radius 3 is 1.91 bits per heavy atom. The predicted octanol–water partition coefficient (Wildman–Crippen LogP) is 1.00. The summed E-state index contributed by atoms with van der Waals surface area (Å²) in [6, 6.07) is 19.2. The van der Waals surface area contributed by atoms with E-state index in [0.29, 0.717) is 31.6 Å². The highest BCUT2D eigenvalue weighted by molar-refractivity contribution is 6.10. The first-order valence-corrected chi connectivity index (χ1v) is 15.8. The van der Waals surface area contributed by atoms with Gasteiger partial charge in [-0.05, 0) is 37.0 Å². The largest absolute Gasteiger partial charge is 0.364 e. The van der Waals surface area contributed by atoms with Gasteiger partial charge in [0, 0.05) is 38.8 Å². The zero-order chi connectivity index (χ0) is 34.1. The molecule has 3 N–H and O–H groups in total. The number of benzene rings is 2. The van der Waals surface area contributed by atoms with Crippen molar-refractivity contribution >= 4 is 40.9 Å². The molecule has 1 aliphatic heterocycles. The number of ether oxygens (including phenoxy) is 2. The molecule has 0 bridgehead atoms. The number of nitrogens with zero attached hydrogens (tertiary/aromatic N) is 2. The molecular weight excluding hydrogens is 606 g/mol. The highest BCUT2D eigenvalue weighted by atomic mass is 16.5. The van der Waals surface area contributed by atoms with Crippen LogP contribution in [0.15, 0.2) is 60.7 Å². The van der Waals surface area contributed by atoms with Crippen molar-refractivity contribution in [1.29, 1.82) is 0 Å². The lowest BCUT2D eigenvalue weighted by molar-refractivity contribution is -0.136. The van der Waals surface area contributed by atoms with Crippen molar-refractivity contribution in [2.45, 2.75) is 44.6 Å². The Hall–Kier alpha value is -4.46. The summed E-state index contributed by atoms with van der Waals surface area (Å²) in [4.78, 5) is 79.2. The predicted molar refractivity (Wildman–Crippen MR) is 174 cm³/mol. The monoisotopic (exact) mass is 651 g/mol. The average Bonchev–Trinajstić information content (AvgIpc) is 3.08. The van der Waals surface area contributed by atoms with E-state index in [0.717, 1.165) is 13.0 Å². The molecule has 0 atom stereocenters. The zero-order valence-corrected chi connectivity index (χ0v) is 27.1. The molecule has 1 heterocycles. The summed E-state index contributed by atoms with van der Waals surface area (Å²) >= 11 is 0. The average molecular weight is 652 g/mol. The smallest absolute Gasteiger partial charge is 0.247 e. The molecule has 2 aromatic carbocycles. The second-order valence-corrected chi connectivity index (χ2v) is 11.2. The maximum absolute atomic E-state index is 14.0. The van der Waals surface area contributed by atoms with Gasteiger partial charge in [-0.2, -0.15) is 0 Å². The Balaban J connectivity index is 1.56.